The molecular weight excluding hydrogens is 614 g/mol. The minimum absolute atomic E-state index is 0.182. The van der Waals surface area contributed by atoms with Crippen molar-refractivity contribution in [2.24, 2.45) is 0 Å². The Balaban J connectivity index is 1.10. The van der Waals surface area contributed by atoms with Crippen LogP contribution in [0.2, 0.25) is 0 Å². The van der Waals surface area contributed by atoms with Crippen molar-refractivity contribution in [2.75, 3.05) is 18.5 Å². The number of ether oxygens (including phenoxy) is 1. The Morgan fingerprint density at radius 1 is 0.735 bits per heavy atom. The average molecular weight is 650 g/mol. The summed E-state index contributed by atoms with van der Waals surface area (Å²) in [5.74, 6) is -0.815. The number of hydrogen-bond donors (Lipinski definition) is 2. The van der Waals surface area contributed by atoms with Gasteiger partial charge in [-0.15, -0.1) is 0 Å². The standard InChI is InChI=1S/C41H35N3O5/c45-39(31-13-5-2-6-14-31)35-17-9-10-18-36(35)43-38(41(47)48)25-29-19-21-34(22-20-29)49-24-23-44(28-30-11-3-1-4-12-30)40(46)37-26-32-15-7-8-16-33(32)27-42-37/h1-22,26-27,38,43H,23-25,28H2,(H,47,48). The van der Waals surface area contributed by atoms with Gasteiger partial charge in [0.15, 0.2) is 5.78 Å². The molecule has 2 N–H and O–H groups in total. The number of nitrogens with one attached hydrogen (secondary N) is 1. The maximum Gasteiger partial charge on any atom is 0.326 e. The summed E-state index contributed by atoms with van der Waals surface area (Å²) in [4.78, 5) is 45.2. The van der Waals surface area contributed by atoms with E-state index in [4.69, 9.17) is 4.74 Å². The number of nitrogens with zero attached hydrogens (tertiary/aromatic N) is 2. The van der Waals surface area contributed by atoms with E-state index in [1.165, 1.54) is 0 Å². The number of pyridine rings is 1. The number of carbonyl (C=O) groups is 3. The van der Waals surface area contributed by atoms with Crippen molar-refractivity contribution in [1.82, 2.24) is 9.88 Å². The van der Waals surface area contributed by atoms with Gasteiger partial charge in [-0.05, 0) is 46.8 Å². The maximum absolute atomic E-state index is 13.6. The van der Waals surface area contributed by atoms with Gasteiger partial charge in [-0.2, -0.15) is 0 Å². The highest BCUT2D eigenvalue weighted by Gasteiger charge is 2.22. The van der Waals surface area contributed by atoms with Crippen LogP contribution in [0, 0.1) is 0 Å². The number of carboxylic acids is 1. The lowest BCUT2D eigenvalue weighted by Crippen LogP contribution is -2.34. The Labute approximate surface area is 284 Å². The molecule has 8 nitrogen and oxygen atoms in total. The van der Waals surface area contributed by atoms with E-state index >= 15 is 0 Å². The number of fused-ring (bicyclic) bond motifs is 1. The highest BCUT2D eigenvalue weighted by molar-refractivity contribution is 6.12. The number of ketones is 1. The van der Waals surface area contributed by atoms with Gasteiger partial charge in [0.25, 0.3) is 5.91 Å². The molecule has 0 spiro atoms. The van der Waals surface area contributed by atoms with E-state index < -0.39 is 12.0 Å². The quantitative estimate of drug-likeness (QED) is 0.119. The van der Waals surface area contributed by atoms with Crippen LogP contribution in [0.15, 0.2) is 146 Å². The lowest BCUT2D eigenvalue weighted by Gasteiger charge is -2.23. The summed E-state index contributed by atoms with van der Waals surface area (Å²) >= 11 is 0. The predicted octanol–water partition coefficient (Wildman–Crippen LogP) is 7.30. The molecule has 244 valence electrons. The molecule has 0 fully saturated rings. The van der Waals surface area contributed by atoms with Gasteiger partial charge in [-0.1, -0.05) is 109 Å². The van der Waals surface area contributed by atoms with Crippen molar-refractivity contribution >= 4 is 34.1 Å². The minimum atomic E-state index is -1.04. The molecule has 1 unspecified atom stereocenters. The number of rotatable bonds is 14. The number of aromatic nitrogens is 1. The van der Waals surface area contributed by atoms with E-state index in [1.807, 2.05) is 78.9 Å². The van der Waals surface area contributed by atoms with Crippen molar-refractivity contribution in [3.63, 3.8) is 0 Å². The van der Waals surface area contributed by atoms with Crippen molar-refractivity contribution in [2.45, 2.75) is 19.0 Å². The molecule has 0 bridgehead atoms. The van der Waals surface area contributed by atoms with E-state index in [-0.39, 0.29) is 24.7 Å². The number of aliphatic carboxylic acids is 1. The number of para-hydroxylation sites is 1. The van der Waals surface area contributed by atoms with Gasteiger partial charge < -0.3 is 20.1 Å². The van der Waals surface area contributed by atoms with Gasteiger partial charge >= 0.3 is 5.97 Å². The van der Waals surface area contributed by atoms with Crippen LogP contribution in [0.1, 0.15) is 37.5 Å². The first-order valence-corrected chi connectivity index (χ1v) is 16.0. The molecule has 5 aromatic carbocycles. The number of amides is 1. The molecule has 8 heteroatoms. The van der Waals surface area contributed by atoms with Crippen molar-refractivity contribution in [1.29, 1.82) is 0 Å². The summed E-state index contributed by atoms with van der Waals surface area (Å²) in [6.45, 7) is 0.979. The van der Waals surface area contributed by atoms with E-state index in [0.717, 1.165) is 21.9 Å². The molecule has 1 atom stereocenters. The fraction of sp³-hybridized carbons (Fsp3) is 0.122. The minimum Gasteiger partial charge on any atom is -0.492 e. The zero-order valence-electron chi connectivity index (χ0n) is 26.7. The van der Waals surface area contributed by atoms with E-state index in [0.29, 0.717) is 41.3 Å². The highest BCUT2D eigenvalue weighted by Crippen LogP contribution is 2.22. The largest absolute Gasteiger partial charge is 0.492 e. The van der Waals surface area contributed by atoms with Gasteiger partial charge in [0, 0.05) is 41.4 Å². The number of anilines is 1. The average Bonchev–Trinajstić information content (AvgIpc) is 3.15. The summed E-state index contributed by atoms with van der Waals surface area (Å²) in [5, 5.41) is 15.0. The molecule has 0 radical (unpaired) electrons. The molecule has 1 aromatic heterocycles. The Morgan fingerprint density at radius 3 is 2.12 bits per heavy atom. The molecule has 0 saturated heterocycles. The Morgan fingerprint density at radius 2 is 1.39 bits per heavy atom. The first kappa shape index (κ1) is 32.7. The molecule has 0 saturated carbocycles. The smallest absolute Gasteiger partial charge is 0.326 e. The summed E-state index contributed by atoms with van der Waals surface area (Å²) in [6.07, 6.45) is 1.90. The van der Waals surface area contributed by atoms with Crippen LogP contribution in [-0.2, 0) is 17.8 Å². The highest BCUT2D eigenvalue weighted by atomic mass is 16.5. The lowest BCUT2D eigenvalue weighted by atomic mass is 10.00. The Kier molecular flexibility index (Phi) is 10.4. The molecule has 49 heavy (non-hydrogen) atoms. The van der Waals surface area contributed by atoms with Gasteiger partial charge in [-0.3, -0.25) is 14.6 Å². The zero-order valence-corrected chi connectivity index (χ0v) is 26.7. The summed E-state index contributed by atoms with van der Waals surface area (Å²) in [5.41, 5.74) is 3.53. The van der Waals surface area contributed by atoms with E-state index in [1.54, 1.807) is 71.8 Å². The third kappa shape index (κ3) is 8.36. The second kappa shape index (κ2) is 15.5. The number of carbonyl (C=O) groups excluding carboxylic acids is 2. The molecule has 1 amide bonds. The lowest BCUT2D eigenvalue weighted by molar-refractivity contribution is -0.137. The molecule has 1 heterocycles. The van der Waals surface area contributed by atoms with Crippen LogP contribution >= 0.6 is 0 Å². The van der Waals surface area contributed by atoms with Crippen LogP contribution in [-0.4, -0.2) is 51.8 Å². The van der Waals surface area contributed by atoms with Crippen LogP contribution in [0.3, 0.4) is 0 Å². The van der Waals surface area contributed by atoms with Crippen molar-refractivity contribution < 1.29 is 24.2 Å². The van der Waals surface area contributed by atoms with Crippen LogP contribution in [0.4, 0.5) is 5.69 Å². The van der Waals surface area contributed by atoms with Gasteiger partial charge in [-0.25, -0.2) is 4.79 Å². The third-order valence-electron chi connectivity index (χ3n) is 8.18. The summed E-state index contributed by atoms with van der Waals surface area (Å²) in [6, 6.07) is 41.4. The monoisotopic (exact) mass is 649 g/mol. The number of hydrogen-bond acceptors (Lipinski definition) is 6. The van der Waals surface area contributed by atoms with E-state index in [9.17, 15) is 19.5 Å². The van der Waals surface area contributed by atoms with Crippen LogP contribution in [0.5, 0.6) is 5.75 Å². The first-order valence-electron chi connectivity index (χ1n) is 16.0. The van der Waals surface area contributed by atoms with Crippen LogP contribution in [0.25, 0.3) is 10.8 Å². The molecule has 0 aliphatic carbocycles. The number of benzene rings is 5. The SMILES string of the molecule is O=C(c1ccccc1)c1ccccc1NC(Cc1ccc(OCCN(Cc2ccccc2)C(=O)c2cc3ccccc3cn2)cc1)C(=O)O. The first-order chi connectivity index (χ1) is 23.9. The van der Waals surface area contributed by atoms with Crippen molar-refractivity contribution in [3.05, 3.63) is 174 Å². The normalized spacial score (nSPS) is 11.4. The fourth-order valence-corrected chi connectivity index (χ4v) is 5.59. The van der Waals surface area contributed by atoms with Gasteiger partial charge in [0.2, 0.25) is 0 Å². The fourth-order valence-electron chi connectivity index (χ4n) is 5.59. The third-order valence-corrected chi connectivity index (χ3v) is 8.18. The van der Waals surface area contributed by atoms with Gasteiger partial charge in [0.1, 0.15) is 24.1 Å². The van der Waals surface area contributed by atoms with E-state index in [2.05, 4.69) is 10.3 Å². The molecule has 6 rings (SSSR count). The van der Waals surface area contributed by atoms with Crippen LogP contribution < -0.4 is 10.1 Å². The zero-order chi connectivity index (χ0) is 34.0. The van der Waals surface area contributed by atoms with Crippen molar-refractivity contribution in [3.8, 4) is 5.75 Å². The molecule has 0 aliphatic rings. The number of carboxylic acid groups (broad SMARTS) is 1. The second-order valence-corrected chi connectivity index (χ2v) is 11.6. The molecular formula is C41H35N3O5. The predicted molar refractivity (Wildman–Crippen MR) is 190 cm³/mol. The van der Waals surface area contributed by atoms with Gasteiger partial charge in [0.05, 0.1) is 6.54 Å². The second-order valence-electron chi connectivity index (χ2n) is 11.6. The maximum atomic E-state index is 13.6. The topological polar surface area (TPSA) is 109 Å². The molecule has 6 aromatic rings. The Bertz CT molecular complexity index is 2050. The molecule has 0 aliphatic heterocycles. The summed E-state index contributed by atoms with van der Waals surface area (Å²) < 4.78 is 6.03. The Hall–Kier alpha value is -6.28. The summed E-state index contributed by atoms with van der Waals surface area (Å²) in [7, 11) is 0.